The first kappa shape index (κ1) is 31.1. The van der Waals surface area contributed by atoms with Crippen LogP contribution in [0.2, 0.25) is 0 Å². The Kier molecular flexibility index (Phi) is 6.58. The molecule has 3 heterocycles. The third-order valence-electron chi connectivity index (χ3n) is 12.1. The molecule has 12 rings (SSSR count). The summed E-state index contributed by atoms with van der Waals surface area (Å²) in [5.74, 6) is 0.717. The predicted octanol–water partition coefficient (Wildman–Crippen LogP) is 12.6. The molecule has 8 aromatic carbocycles. The molecule has 56 heavy (non-hydrogen) atoms. The van der Waals surface area contributed by atoms with E-state index < -0.39 is 5.41 Å². The monoisotopic (exact) mass is 714 g/mol. The normalized spacial score (nSPS) is 16.9. The van der Waals surface area contributed by atoms with Gasteiger partial charge in [-0.3, -0.25) is 0 Å². The van der Waals surface area contributed by atoms with Gasteiger partial charge in [0, 0.05) is 22.2 Å². The van der Waals surface area contributed by atoms with Crippen molar-refractivity contribution in [3.05, 3.63) is 222 Å². The first-order valence-electron chi connectivity index (χ1n) is 19.3. The zero-order chi connectivity index (χ0) is 36.8. The van der Waals surface area contributed by atoms with E-state index in [1.807, 2.05) is 0 Å². The number of fused-ring (bicyclic) bond motifs is 10. The molecule has 1 aromatic heterocycles. The van der Waals surface area contributed by atoms with Crippen LogP contribution in [0.25, 0.3) is 55.8 Å². The molecule has 2 atom stereocenters. The van der Waals surface area contributed by atoms with E-state index in [1.54, 1.807) is 0 Å². The van der Waals surface area contributed by atoms with Crippen molar-refractivity contribution >= 4 is 28.0 Å². The molecule has 4 heteroatoms. The Morgan fingerprint density at radius 1 is 0.464 bits per heavy atom. The topological polar surface area (TPSA) is 41.1 Å². The molecular formula is C52H34N4. The van der Waals surface area contributed by atoms with Crippen molar-refractivity contribution in [3.63, 3.8) is 0 Å². The molecule has 1 spiro atoms. The Labute approximate surface area is 325 Å². The molecule has 2 aliphatic heterocycles. The standard InChI is InChI=1S/C52H34N4/c1-3-14-33(15-4-1)34-26-28-35(29-27-34)48-40-19-8-11-23-45(40)53-50(55-48)37-30-31-39-38-18-7-9-20-41(38)52(44(39)32-37)42-21-10-12-25-47(42)56-49-43(52)22-13-24-46(49)54-51(56)36-16-5-2-6-17-36/h1-32,51,54H. The van der Waals surface area contributed by atoms with Crippen molar-refractivity contribution < 1.29 is 0 Å². The highest BCUT2D eigenvalue weighted by atomic mass is 15.3. The average Bonchev–Trinajstić information content (AvgIpc) is 3.81. The van der Waals surface area contributed by atoms with Crippen LogP contribution < -0.4 is 10.2 Å². The summed E-state index contributed by atoms with van der Waals surface area (Å²) in [7, 11) is 0. The maximum absolute atomic E-state index is 5.39. The van der Waals surface area contributed by atoms with E-state index in [0.29, 0.717) is 0 Å². The quantitative estimate of drug-likeness (QED) is 0.197. The van der Waals surface area contributed by atoms with Crippen molar-refractivity contribution in [2.45, 2.75) is 11.6 Å². The molecule has 0 saturated heterocycles. The van der Waals surface area contributed by atoms with Crippen molar-refractivity contribution in [1.29, 1.82) is 0 Å². The second-order valence-electron chi connectivity index (χ2n) is 15.0. The lowest BCUT2D eigenvalue weighted by Crippen LogP contribution is -2.37. The van der Waals surface area contributed by atoms with Gasteiger partial charge in [-0.2, -0.15) is 0 Å². The summed E-state index contributed by atoms with van der Waals surface area (Å²) in [6.07, 6.45) is -0.0283. The van der Waals surface area contributed by atoms with Crippen LogP contribution in [0, 0.1) is 0 Å². The van der Waals surface area contributed by atoms with Gasteiger partial charge < -0.3 is 10.2 Å². The van der Waals surface area contributed by atoms with Gasteiger partial charge in [-0.05, 0) is 74.3 Å². The second kappa shape index (κ2) is 11.8. The molecule has 9 aromatic rings. The molecule has 4 nitrogen and oxygen atoms in total. The van der Waals surface area contributed by atoms with E-state index in [-0.39, 0.29) is 6.17 Å². The molecule has 0 saturated carbocycles. The van der Waals surface area contributed by atoms with Crippen LogP contribution in [0.3, 0.4) is 0 Å². The summed E-state index contributed by atoms with van der Waals surface area (Å²) in [6.45, 7) is 0. The SMILES string of the molecule is c1ccc(-c2ccc(-c3nc(-c4ccc5c(c4)C4(c6ccccc6-5)c5ccccc5N5c6c(cccc64)NC5c4ccccc4)nc4ccccc34)cc2)cc1. The van der Waals surface area contributed by atoms with Crippen molar-refractivity contribution in [2.75, 3.05) is 10.2 Å². The molecular weight excluding hydrogens is 681 g/mol. The summed E-state index contributed by atoms with van der Waals surface area (Å²) in [5.41, 5.74) is 18.2. The minimum Gasteiger partial charge on any atom is -0.359 e. The van der Waals surface area contributed by atoms with E-state index in [4.69, 9.17) is 9.97 Å². The van der Waals surface area contributed by atoms with Crippen LogP contribution in [-0.2, 0) is 5.41 Å². The smallest absolute Gasteiger partial charge is 0.160 e. The van der Waals surface area contributed by atoms with Gasteiger partial charge in [-0.1, -0.05) is 170 Å². The van der Waals surface area contributed by atoms with Gasteiger partial charge in [0.15, 0.2) is 5.82 Å². The van der Waals surface area contributed by atoms with E-state index in [0.717, 1.165) is 39.2 Å². The maximum atomic E-state index is 5.39. The molecule has 262 valence electrons. The Hall–Kier alpha value is -7.30. The van der Waals surface area contributed by atoms with Gasteiger partial charge in [0.05, 0.1) is 28.0 Å². The number of hydrogen-bond acceptors (Lipinski definition) is 4. The minimum absolute atomic E-state index is 0.0283. The summed E-state index contributed by atoms with van der Waals surface area (Å²) in [6, 6.07) is 70.1. The van der Waals surface area contributed by atoms with Gasteiger partial charge in [0.25, 0.3) is 0 Å². The van der Waals surface area contributed by atoms with Gasteiger partial charge in [0.1, 0.15) is 6.17 Å². The van der Waals surface area contributed by atoms with Crippen molar-refractivity contribution in [3.8, 4) is 44.9 Å². The Morgan fingerprint density at radius 2 is 1.11 bits per heavy atom. The third kappa shape index (κ3) is 4.29. The fraction of sp³-hybridized carbons (Fsp3) is 0.0385. The van der Waals surface area contributed by atoms with Crippen LogP contribution in [0.15, 0.2) is 194 Å². The molecule has 1 N–H and O–H groups in total. The number of anilines is 3. The largest absolute Gasteiger partial charge is 0.359 e. The highest BCUT2D eigenvalue weighted by molar-refractivity contribution is 5.99. The summed E-state index contributed by atoms with van der Waals surface area (Å²) < 4.78 is 0. The fourth-order valence-electron chi connectivity index (χ4n) is 9.71. The zero-order valence-electron chi connectivity index (χ0n) is 30.4. The van der Waals surface area contributed by atoms with E-state index in [9.17, 15) is 0 Å². The first-order chi connectivity index (χ1) is 27.8. The zero-order valence-corrected chi connectivity index (χ0v) is 30.4. The predicted molar refractivity (Wildman–Crippen MR) is 228 cm³/mol. The number of nitrogens with zero attached hydrogens (tertiary/aromatic N) is 3. The maximum Gasteiger partial charge on any atom is 0.160 e. The fourth-order valence-corrected chi connectivity index (χ4v) is 9.71. The Morgan fingerprint density at radius 3 is 1.96 bits per heavy atom. The molecule has 1 aliphatic carbocycles. The molecule has 0 fully saturated rings. The summed E-state index contributed by atoms with van der Waals surface area (Å²) in [5, 5.41) is 4.96. The number of rotatable bonds is 4. The van der Waals surface area contributed by atoms with Gasteiger partial charge in [-0.25, -0.2) is 9.97 Å². The summed E-state index contributed by atoms with van der Waals surface area (Å²) in [4.78, 5) is 13.2. The molecule has 2 unspecified atom stereocenters. The van der Waals surface area contributed by atoms with E-state index in [1.165, 1.54) is 61.4 Å². The van der Waals surface area contributed by atoms with E-state index in [2.05, 4.69) is 204 Å². The molecule has 0 bridgehead atoms. The average molecular weight is 715 g/mol. The van der Waals surface area contributed by atoms with Crippen LogP contribution >= 0.6 is 0 Å². The Bertz CT molecular complexity index is 3010. The molecule has 0 radical (unpaired) electrons. The van der Waals surface area contributed by atoms with Gasteiger partial charge in [-0.15, -0.1) is 0 Å². The lowest BCUT2D eigenvalue weighted by atomic mass is 9.64. The van der Waals surface area contributed by atoms with Crippen LogP contribution in [-0.4, -0.2) is 9.97 Å². The second-order valence-corrected chi connectivity index (χ2v) is 15.0. The van der Waals surface area contributed by atoms with Crippen LogP contribution in [0.5, 0.6) is 0 Å². The number of benzene rings is 8. The molecule has 0 amide bonds. The minimum atomic E-state index is -0.555. The van der Waals surface area contributed by atoms with Crippen LogP contribution in [0.1, 0.15) is 34.0 Å². The highest BCUT2D eigenvalue weighted by Crippen LogP contribution is 2.66. The van der Waals surface area contributed by atoms with Crippen molar-refractivity contribution in [1.82, 2.24) is 9.97 Å². The van der Waals surface area contributed by atoms with Gasteiger partial charge >= 0.3 is 0 Å². The number of nitrogens with one attached hydrogen (secondary N) is 1. The Balaban J connectivity index is 1.08. The lowest BCUT2D eigenvalue weighted by molar-refractivity contribution is 0.720. The van der Waals surface area contributed by atoms with E-state index >= 15 is 0 Å². The molecule has 3 aliphatic rings. The number of hydrogen-bond donors (Lipinski definition) is 1. The van der Waals surface area contributed by atoms with Crippen LogP contribution in [0.4, 0.5) is 17.1 Å². The number of aromatic nitrogens is 2. The third-order valence-corrected chi connectivity index (χ3v) is 12.1. The summed E-state index contributed by atoms with van der Waals surface area (Å²) >= 11 is 0. The first-order valence-corrected chi connectivity index (χ1v) is 19.3. The highest BCUT2D eigenvalue weighted by Gasteiger charge is 2.54. The van der Waals surface area contributed by atoms with Crippen molar-refractivity contribution in [2.24, 2.45) is 0 Å². The van der Waals surface area contributed by atoms with Gasteiger partial charge in [0.2, 0.25) is 0 Å². The lowest BCUT2D eigenvalue weighted by Gasteiger charge is -2.44. The number of para-hydroxylation sites is 3.